The van der Waals surface area contributed by atoms with Crippen LogP contribution in [0.25, 0.3) is 0 Å². The van der Waals surface area contributed by atoms with E-state index >= 15 is 0 Å². The van der Waals surface area contributed by atoms with Gasteiger partial charge in [-0.1, -0.05) is 0 Å². The Hall–Kier alpha value is -1.13. The van der Waals surface area contributed by atoms with Gasteiger partial charge in [-0.2, -0.15) is 0 Å². The van der Waals surface area contributed by atoms with E-state index in [0.717, 1.165) is 12.8 Å². The first-order valence-corrected chi connectivity index (χ1v) is 4.88. The second-order valence-corrected chi connectivity index (χ2v) is 3.90. The second-order valence-electron chi connectivity index (χ2n) is 3.90. The number of benzene rings is 1. The molecule has 0 aliphatic heterocycles. The zero-order chi connectivity index (χ0) is 11.0. The second kappa shape index (κ2) is 4.80. The first-order chi connectivity index (χ1) is 7.09. The first kappa shape index (κ1) is 12.9. The molecular formula is C11H13ClFNO2. The van der Waals surface area contributed by atoms with Crippen LogP contribution in [0.15, 0.2) is 18.2 Å². The Labute approximate surface area is 98.9 Å². The Morgan fingerprint density at radius 3 is 2.62 bits per heavy atom. The topological polar surface area (TPSA) is 63.3 Å². The Morgan fingerprint density at radius 2 is 2.12 bits per heavy atom. The molecule has 0 bridgehead atoms. The lowest BCUT2D eigenvalue weighted by atomic mass is 10.0. The van der Waals surface area contributed by atoms with Gasteiger partial charge in [-0.3, -0.25) is 0 Å². The average molecular weight is 246 g/mol. The van der Waals surface area contributed by atoms with Crippen molar-refractivity contribution >= 4 is 18.4 Å². The average Bonchev–Trinajstić information content (AvgIpc) is 3.00. The zero-order valence-electron chi connectivity index (χ0n) is 8.52. The highest BCUT2D eigenvalue weighted by Crippen LogP contribution is 2.40. The predicted octanol–water partition coefficient (Wildman–Crippen LogP) is 2.36. The van der Waals surface area contributed by atoms with Gasteiger partial charge in [-0.05, 0) is 37.0 Å². The molecule has 1 aliphatic rings. The van der Waals surface area contributed by atoms with Crippen molar-refractivity contribution in [2.24, 2.45) is 11.7 Å². The highest BCUT2D eigenvalue weighted by Gasteiger charge is 2.31. The maximum absolute atomic E-state index is 13.4. The van der Waals surface area contributed by atoms with Crippen molar-refractivity contribution in [1.29, 1.82) is 0 Å². The van der Waals surface area contributed by atoms with E-state index in [1.165, 1.54) is 18.2 Å². The van der Waals surface area contributed by atoms with Crippen molar-refractivity contribution in [3.63, 3.8) is 0 Å². The largest absolute Gasteiger partial charge is 0.478 e. The van der Waals surface area contributed by atoms with Gasteiger partial charge in [-0.25, -0.2) is 9.18 Å². The molecule has 3 N–H and O–H groups in total. The van der Waals surface area contributed by atoms with Crippen molar-refractivity contribution in [2.45, 2.75) is 18.9 Å². The highest BCUT2D eigenvalue weighted by atomic mass is 35.5. The molecule has 1 atom stereocenters. The van der Waals surface area contributed by atoms with E-state index in [0.29, 0.717) is 11.5 Å². The summed E-state index contributed by atoms with van der Waals surface area (Å²) in [6, 6.07) is 3.38. The number of halogens is 2. The van der Waals surface area contributed by atoms with Crippen LogP contribution in [-0.2, 0) is 0 Å². The van der Waals surface area contributed by atoms with E-state index in [9.17, 15) is 9.18 Å². The summed E-state index contributed by atoms with van der Waals surface area (Å²) in [4.78, 5) is 10.7. The van der Waals surface area contributed by atoms with Gasteiger partial charge >= 0.3 is 5.97 Å². The first-order valence-electron chi connectivity index (χ1n) is 4.88. The lowest BCUT2D eigenvalue weighted by molar-refractivity contribution is 0.0696. The molecule has 0 saturated heterocycles. The van der Waals surface area contributed by atoms with Crippen molar-refractivity contribution < 1.29 is 14.3 Å². The van der Waals surface area contributed by atoms with E-state index in [-0.39, 0.29) is 24.0 Å². The van der Waals surface area contributed by atoms with Crippen LogP contribution < -0.4 is 5.73 Å². The monoisotopic (exact) mass is 245 g/mol. The van der Waals surface area contributed by atoms with Gasteiger partial charge in [0.05, 0.1) is 5.56 Å². The molecule has 3 nitrogen and oxygen atoms in total. The molecule has 1 unspecified atom stereocenters. The van der Waals surface area contributed by atoms with Gasteiger partial charge in [0.2, 0.25) is 0 Å². The minimum absolute atomic E-state index is 0. The minimum Gasteiger partial charge on any atom is -0.478 e. The van der Waals surface area contributed by atoms with E-state index < -0.39 is 11.8 Å². The molecule has 0 spiro atoms. The molecule has 16 heavy (non-hydrogen) atoms. The summed E-state index contributed by atoms with van der Waals surface area (Å²) in [7, 11) is 0. The molecule has 0 aromatic heterocycles. The fraction of sp³-hybridized carbons (Fsp3) is 0.364. The molecule has 88 valence electrons. The fourth-order valence-corrected chi connectivity index (χ4v) is 1.64. The number of hydrogen-bond acceptors (Lipinski definition) is 2. The van der Waals surface area contributed by atoms with Crippen LogP contribution in [0.3, 0.4) is 0 Å². The predicted molar refractivity (Wildman–Crippen MR) is 60.3 cm³/mol. The molecule has 1 aromatic rings. The molecular weight excluding hydrogens is 233 g/mol. The molecule has 2 rings (SSSR count). The Kier molecular flexibility index (Phi) is 3.88. The lowest BCUT2D eigenvalue weighted by Gasteiger charge is -2.12. The van der Waals surface area contributed by atoms with E-state index in [1.54, 1.807) is 0 Å². The number of rotatable bonds is 3. The van der Waals surface area contributed by atoms with Crippen molar-refractivity contribution in [3.05, 3.63) is 35.1 Å². The van der Waals surface area contributed by atoms with Crippen LogP contribution in [-0.4, -0.2) is 11.1 Å². The quantitative estimate of drug-likeness (QED) is 0.859. The molecule has 0 radical (unpaired) electrons. The highest BCUT2D eigenvalue weighted by molar-refractivity contribution is 5.87. The van der Waals surface area contributed by atoms with Gasteiger partial charge in [0, 0.05) is 11.6 Å². The number of aromatic carboxylic acids is 1. The number of carboxylic acids is 1. The standard InChI is InChI=1S/C11H12FNO2.ClH/c12-9-4-3-7(11(14)15)5-8(9)10(13)6-1-2-6;/h3-6,10H,1-2,13H2,(H,14,15);1H. The van der Waals surface area contributed by atoms with E-state index in [4.69, 9.17) is 10.8 Å². The SMILES string of the molecule is Cl.NC(c1cc(C(=O)O)ccc1F)C1CC1. The minimum atomic E-state index is -1.06. The number of nitrogens with two attached hydrogens (primary N) is 1. The molecule has 0 amide bonds. The zero-order valence-corrected chi connectivity index (χ0v) is 9.34. The summed E-state index contributed by atoms with van der Waals surface area (Å²) in [6.45, 7) is 0. The summed E-state index contributed by atoms with van der Waals surface area (Å²) in [6.07, 6.45) is 2.00. The third kappa shape index (κ3) is 2.51. The lowest BCUT2D eigenvalue weighted by Crippen LogP contribution is -2.15. The van der Waals surface area contributed by atoms with Gasteiger partial charge < -0.3 is 10.8 Å². The van der Waals surface area contributed by atoms with Crippen LogP contribution in [0.1, 0.15) is 34.8 Å². The number of hydrogen-bond donors (Lipinski definition) is 2. The molecule has 1 aliphatic carbocycles. The summed E-state index contributed by atoms with van der Waals surface area (Å²) < 4.78 is 13.4. The van der Waals surface area contributed by atoms with Crippen LogP contribution in [0, 0.1) is 11.7 Å². The molecule has 1 aromatic carbocycles. The smallest absolute Gasteiger partial charge is 0.335 e. The van der Waals surface area contributed by atoms with Gasteiger partial charge in [0.25, 0.3) is 0 Å². The van der Waals surface area contributed by atoms with E-state index in [2.05, 4.69) is 0 Å². The Balaban J connectivity index is 0.00000128. The number of carboxylic acid groups (broad SMARTS) is 1. The van der Waals surface area contributed by atoms with Crippen molar-refractivity contribution in [2.75, 3.05) is 0 Å². The van der Waals surface area contributed by atoms with Crippen molar-refractivity contribution in [1.82, 2.24) is 0 Å². The summed E-state index contributed by atoms with van der Waals surface area (Å²) in [5, 5.41) is 8.77. The van der Waals surface area contributed by atoms with Crippen LogP contribution in [0.5, 0.6) is 0 Å². The van der Waals surface area contributed by atoms with Gasteiger partial charge in [0.15, 0.2) is 0 Å². The molecule has 0 heterocycles. The Bertz CT molecular complexity index is 407. The van der Waals surface area contributed by atoms with Crippen LogP contribution >= 0.6 is 12.4 Å². The fourth-order valence-electron chi connectivity index (χ4n) is 1.64. The van der Waals surface area contributed by atoms with Crippen LogP contribution in [0.4, 0.5) is 4.39 Å². The maximum atomic E-state index is 13.4. The van der Waals surface area contributed by atoms with Crippen molar-refractivity contribution in [3.8, 4) is 0 Å². The maximum Gasteiger partial charge on any atom is 0.335 e. The Morgan fingerprint density at radius 1 is 1.50 bits per heavy atom. The molecule has 5 heteroatoms. The third-order valence-electron chi connectivity index (χ3n) is 2.73. The van der Waals surface area contributed by atoms with Gasteiger partial charge in [0.1, 0.15) is 5.82 Å². The third-order valence-corrected chi connectivity index (χ3v) is 2.73. The summed E-state index contributed by atoms with van der Waals surface area (Å²) in [5.41, 5.74) is 6.24. The normalized spacial score (nSPS) is 16.4. The van der Waals surface area contributed by atoms with E-state index in [1.807, 2.05) is 0 Å². The number of carbonyl (C=O) groups is 1. The van der Waals surface area contributed by atoms with Crippen LogP contribution in [0.2, 0.25) is 0 Å². The summed E-state index contributed by atoms with van der Waals surface area (Å²) >= 11 is 0. The summed E-state index contributed by atoms with van der Waals surface area (Å²) in [5.74, 6) is -1.16. The van der Waals surface area contributed by atoms with Gasteiger partial charge in [-0.15, -0.1) is 12.4 Å². The molecule has 1 saturated carbocycles. The molecule has 1 fully saturated rings.